The van der Waals surface area contributed by atoms with E-state index in [1.165, 1.54) is 12.3 Å². The lowest BCUT2D eigenvalue weighted by molar-refractivity contribution is 0.397. The molecule has 0 fully saturated rings. The summed E-state index contributed by atoms with van der Waals surface area (Å²) >= 11 is 0. The van der Waals surface area contributed by atoms with Crippen LogP contribution in [0.4, 0.5) is 0 Å². The third-order valence-electron chi connectivity index (χ3n) is 3.65. The van der Waals surface area contributed by atoms with E-state index in [0.29, 0.717) is 0 Å². The molecule has 1 aromatic heterocycles. The average Bonchev–Trinajstić information content (AvgIpc) is 2.97. The number of benzene rings is 2. The van der Waals surface area contributed by atoms with Crippen molar-refractivity contribution in [2.75, 3.05) is 0 Å². The summed E-state index contributed by atoms with van der Waals surface area (Å²) in [5, 5.41) is 59.6. The van der Waals surface area contributed by atoms with E-state index in [9.17, 15) is 30.6 Å². The number of furan rings is 1. The Kier molecular flexibility index (Phi) is 3.61. The Morgan fingerprint density at radius 3 is 1.42 bits per heavy atom. The van der Waals surface area contributed by atoms with Crippen LogP contribution < -0.4 is 0 Å². The summed E-state index contributed by atoms with van der Waals surface area (Å²) < 4.78 is 5.32. The molecule has 0 bridgehead atoms. The number of aromatic hydroxyl groups is 6. The van der Waals surface area contributed by atoms with Crippen molar-refractivity contribution in [3.05, 3.63) is 59.5 Å². The van der Waals surface area contributed by atoms with Crippen molar-refractivity contribution in [3.8, 4) is 34.5 Å². The van der Waals surface area contributed by atoms with E-state index < -0.39 is 28.9 Å². The number of hydrogen-bond donors (Lipinski definition) is 6. The molecule has 7 nitrogen and oxygen atoms in total. The van der Waals surface area contributed by atoms with Crippen molar-refractivity contribution in [1.29, 1.82) is 0 Å². The molecule has 3 aromatic rings. The van der Waals surface area contributed by atoms with Crippen LogP contribution in [-0.2, 0) is 0 Å². The summed E-state index contributed by atoms with van der Waals surface area (Å²) in [6, 6.07) is 7.14. The summed E-state index contributed by atoms with van der Waals surface area (Å²) in [6.45, 7) is 0. The molecule has 0 radical (unpaired) electrons. The molecule has 1 heterocycles. The van der Waals surface area contributed by atoms with Gasteiger partial charge < -0.3 is 35.1 Å². The van der Waals surface area contributed by atoms with Crippen LogP contribution in [0.5, 0.6) is 34.5 Å². The third kappa shape index (κ3) is 2.52. The Balaban J connectivity index is 2.32. The van der Waals surface area contributed by atoms with Gasteiger partial charge in [0.25, 0.3) is 0 Å². The lowest BCUT2D eigenvalue weighted by Gasteiger charge is -2.20. The minimum atomic E-state index is -1.08. The number of phenolic OH excluding ortho intramolecular Hbond substituents is 6. The van der Waals surface area contributed by atoms with Gasteiger partial charge >= 0.3 is 0 Å². The smallest absolute Gasteiger partial charge is 0.127 e. The Labute approximate surface area is 135 Å². The van der Waals surface area contributed by atoms with Gasteiger partial charge in [0.15, 0.2) is 0 Å². The second-order valence-corrected chi connectivity index (χ2v) is 5.24. The first-order valence-electron chi connectivity index (χ1n) is 6.91. The van der Waals surface area contributed by atoms with Crippen LogP contribution in [0, 0.1) is 0 Å². The van der Waals surface area contributed by atoms with Crippen LogP contribution in [-0.4, -0.2) is 30.6 Å². The molecule has 0 saturated carbocycles. The minimum absolute atomic E-state index is 0.0842. The first-order valence-corrected chi connectivity index (χ1v) is 6.91. The van der Waals surface area contributed by atoms with E-state index in [-0.39, 0.29) is 28.4 Å². The van der Waals surface area contributed by atoms with Crippen molar-refractivity contribution in [1.82, 2.24) is 0 Å². The molecule has 7 heteroatoms. The number of rotatable bonds is 3. The molecular weight excluding hydrogens is 316 g/mol. The van der Waals surface area contributed by atoms with Gasteiger partial charge in [-0.05, 0) is 12.1 Å². The zero-order chi connectivity index (χ0) is 17.4. The molecule has 0 atom stereocenters. The fourth-order valence-electron chi connectivity index (χ4n) is 2.69. The molecular formula is C17H14O7. The van der Waals surface area contributed by atoms with Gasteiger partial charge in [0.1, 0.15) is 40.3 Å². The third-order valence-corrected chi connectivity index (χ3v) is 3.65. The van der Waals surface area contributed by atoms with Crippen molar-refractivity contribution >= 4 is 0 Å². The van der Waals surface area contributed by atoms with Crippen molar-refractivity contribution in [3.63, 3.8) is 0 Å². The molecule has 0 aliphatic heterocycles. The van der Waals surface area contributed by atoms with Crippen molar-refractivity contribution in [2.24, 2.45) is 0 Å². The fraction of sp³-hybridized carbons (Fsp3) is 0.0588. The molecule has 0 spiro atoms. The summed E-state index contributed by atoms with van der Waals surface area (Å²) in [5.41, 5.74) is -0.168. The number of phenols is 6. The molecule has 0 aliphatic rings. The highest BCUT2D eigenvalue weighted by molar-refractivity contribution is 5.62. The van der Waals surface area contributed by atoms with Gasteiger partial charge in [-0.15, -0.1) is 0 Å². The standard InChI is InChI=1S/C17H14O7/c18-8-4-10(20)15(11(21)5-8)17(14-2-1-3-24-14)16-12(22)6-9(19)7-13(16)23/h1-7,17-23H. The summed E-state index contributed by atoms with van der Waals surface area (Å²) in [5.74, 6) is -3.41. The van der Waals surface area contributed by atoms with Gasteiger partial charge in [0.05, 0.1) is 23.3 Å². The van der Waals surface area contributed by atoms with E-state index in [4.69, 9.17) is 4.42 Å². The molecule has 2 aromatic carbocycles. The van der Waals surface area contributed by atoms with E-state index in [1.807, 2.05) is 0 Å². The minimum Gasteiger partial charge on any atom is -0.508 e. The maximum absolute atomic E-state index is 10.2. The molecule has 3 rings (SSSR count). The first-order chi connectivity index (χ1) is 11.4. The second-order valence-electron chi connectivity index (χ2n) is 5.24. The molecule has 6 N–H and O–H groups in total. The largest absolute Gasteiger partial charge is 0.508 e. The maximum Gasteiger partial charge on any atom is 0.127 e. The SMILES string of the molecule is Oc1cc(O)c(C(c2ccco2)c2c(O)cc(O)cc2O)c(O)c1. The number of hydrogen-bond acceptors (Lipinski definition) is 7. The van der Waals surface area contributed by atoms with Crippen LogP contribution in [0.3, 0.4) is 0 Å². The predicted octanol–water partition coefficient (Wildman–Crippen LogP) is 2.69. The first kappa shape index (κ1) is 15.4. The highest BCUT2D eigenvalue weighted by Gasteiger charge is 2.31. The van der Waals surface area contributed by atoms with E-state index in [2.05, 4.69) is 0 Å². The summed E-state index contributed by atoms with van der Waals surface area (Å²) in [7, 11) is 0. The predicted molar refractivity (Wildman–Crippen MR) is 82.5 cm³/mol. The van der Waals surface area contributed by atoms with Gasteiger partial charge in [0.2, 0.25) is 0 Å². The zero-order valence-corrected chi connectivity index (χ0v) is 12.2. The van der Waals surface area contributed by atoms with E-state index in [0.717, 1.165) is 24.3 Å². The Hall–Kier alpha value is -3.48. The van der Waals surface area contributed by atoms with Gasteiger partial charge in [-0.2, -0.15) is 0 Å². The molecule has 24 heavy (non-hydrogen) atoms. The highest BCUT2D eigenvalue weighted by atomic mass is 16.3. The molecule has 0 saturated heterocycles. The van der Waals surface area contributed by atoms with Gasteiger partial charge in [0, 0.05) is 24.3 Å². The summed E-state index contributed by atoms with van der Waals surface area (Å²) in [6.07, 6.45) is 1.35. The lowest BCUT2D eigenvalue weighted by Crippen LogP contribution is -2.04. The van der Waals surface area contributed by atoms with E-state index in [1.54, 1.807) is 6.07 Å². The van der Waals surface area contributed by atoms with Crippen LogP contribution in [0.25, 0.3) is 0 Å². The highest BCUT2D eigenvalue weighted by Crippen LogP contribution is 2.49. The molecule has 0 amide bonds. The van der Waals surface area contributed by atoms with Crippen LogP contribution in [0.2, 0.25) is 0 Å². The van der Waals surface area contributed by atoms with Crippen LogP contribution in [0.15, 0.2) is 47.1 Å². The van der Waals surface area contributed by atoms with Crippen LogP contribution >= 0.6 is 0 Å². The van der Waals surface area contributed by atoms with E-state index >= 15 is 0 Å². The summed E-state index contributed by atoms with van der Waals surface area (Å²) in [4.78, 5) is 0. The normalized spacial score (nSPS) is 11.0. The fourth-order valence-corrected chi connectivity index (χ4v) is 2.69. The Morgan fingerprint density at radius 1 is 0.667 bits per heavy atom. The molecule has 0 unspecified atom stereocenters. The van der Waals surface area contributed by atoms with Gasteiger partial charge in [-0.1, -0.05) is 0 Å². The topological polar surface area (TPSA) is 135 Å². The zero-order valence-electron chi connectivity index (χ0n) is 12.2. The Morgan fingerprint density at radius 2 is 1.08 bits per heavy atom. The van der Waals surface area contributed by atoms with Crippen molar-refractivity contribution < 1.29 is 35.1 Å². The molecule has 124 valence electrons. The lowest BCUT2D eigenvalue weighted by atomic mass is 9.86. The average molecular weight is 330 g/mol. The monoisotopic (exact) mass is 330 g/mol. The molecule has 0 aliphatic carbocycles. The van der Waals surface area contributed by atoms with Crippen molar-refractivity contribution in [2.45, 2.75) is 5.92 Å². The van der Waals surface area contributed by atoms with Crippen LogP contribution in [0.1, 0.15) is 22.8 Å². The second kappa shape index (κ2) is 5.62. The quantitative estimate of drug-likeness (QED) is 0.434. The Bertz CT molecular complexity index is 780. The van der Waals surface area contributed by atoms with Gasteiger partial charge in [-0.25, -0.2) is 0 Å². The maximum atomic E-state index is 10.2. The van der Waals surface area contributed by atoms with Gasteiger partial charge in [-0.3, -0.25) is 0 Å².